The van der Waals surface area contributed by atoms with Crippen molar-refractivity contribution in [3.63, 3.8) is 0 Å². The number of carbonyl (C=O) groups is 2. The number of hydroxylamine groups is 1. The Balaban J connectivity index is 2.28. The lowest BCUT2D eigenvalue weighted by molar-refractivity contribution is -0.120. The van der Waals surface area contributed by atoms with Crippen molar-refractivity contribution in [2.24, 2.45) is 5.16 Å². The number of carbonyl (C=O) groups excluding carboxylic acids is 2. The summed E-state index contributed by atoms with van der Waals surface area (Å²) < 4.78 is 46.7. The smallest absolute Gasteiger partial charge is 0.277 e. The summed E-state index contributed by atoms with van der Waals surface area (Å²) in [5.74, 6) is -4.59. The molecule has 0 aromatic heterocycles. The summed E-state index contributed by atoms with van der Waals surface area (Å²) in [6.45, 7) is -0.577. The Hall–Kier alpha value is -2.78. The summed E-state index contributed by atoms with van der Waals surface area (Å²) in [7, 11) is 1.49. The highest BCUT2D eigenvalue weighted by Gasteiger charge is 2.24. The van der Waals surface area contributed by atoms with Gasteiger partial charge in [-0.1, -0.05) is 25.9 Å². The molecule has 0 saturated carbocycles. The van der Waals surface area contributed by atoms with E-state index < -0.39 is 60.9 Å². The fourth-order valence-corrected chi connectivity index (χ4v) is 3.82. The van der Waals surface area contributed by atoms with Crippen molar-refractivity contribution in [2.75, 3.05) is 32.2 Å². The number of nitrogens with one attached hydrogen (secondary N) is 3. The van der Waals surface area contributed by atoms with Gasteiger partial charge in [0.15, 0.2) is 17.5 Å². The van der Waals surface area contributed by atoms with Crippen molar-refractivity contribution in [2.45, 2.75) is 12.8 Å². The number of oxime groups is 1. The molecule has 180 valence electrons. The number of allylic oxidation sites excluding steroid dienone is 2. The third kappa shape index (κ3) is 7.94. The second-order valence-corrected chi connectivity index (χ2v) is 8.34. The van der Waals surface area contributed by atoms with E-state index in [1.54, 1.807) is 4.08 Å². The lowest BCUT2D eigenvalue weighted by atomic mass is 10.1. The van der Waals surface area contributed by atoms with Gasteiger partial charge in [-0.2, -0.15) is 0 Å². The Morgan fingerprint density at radius 1 is 1.24 bits per heavy atom. The van der Waals surface area contributed by atoms with Crippen LogP contribution in [-0.2, 0) is 14.5 Å². The number of rotatable bonds is 12. The zero-order chi connectivity index (χ0) is 24.2. The molecule has 9 nitrogen and oxygen atoms in total. The van der Waals surface area contributed by atoms with Crippen molar-refractivity contribution in [3.8, 4) is 0 Å². The summed E-state index contributed by atoms with van der Waals surface area (Å²) >= 11 is -0.619. The van der Waals surface area contributed by atoms with E-state index in [0.29, 0.717) is 6.42 Å². The van der Waals surface area contributed by atoms with E-state index in [1.165, 1.54) is 17.1 Å². The number of aliphatic hydroxyl groups is 1. The fraction of sp³-hybridized carbons (Fsp3) is 0.300. The minimum Gasteiger partial charge on any atom is -0.396 e. The molecule has 0 fully saturated rings. The lowest BCUT2D eigenvalue weighted by Gasteiger charge is -2.16. The quantitative estimate of drug-likeness (QED) is 0.130. The molecular weight excluding hydrogens is 560 g/mol. The largest absolute Gasteiger partial charge is 0.396 e. The third-order valence-corrected chi connectivity index (χ3v) is 5.68. The minimum atomic E-state index is -1.44. The van der Waals surface area contributed by atoms with E-state index in [-0.39, 0.29) is 37.8 Å². The zero-order valence-corrected chi connectivity index (χ0v) is 19.6. The average molecular weight is 582 g/mol. The Kier molecular flexibility index (Phi) is 11.0. The van der Waals surface area contributed by atoms with E-state index in [9.17, 15) is 22.8 Å². The first-order chi connectivity index (χ1) is 15.9. The van der Waals surface area contributed by atoms with Crippen LogP contribution in [0.5, 0.6) is 0 Å². The minimum absolute atomic E-state index is 0.0505. The van der Waals surface area contributed by atoms with Gasteiger partial charge in [0, 0.05) is 23.0 Å². The molecule has 2 amide bonds. The van der Waals surface area contributed by atoms with Crippen molar-refractivity contribution in [1.29, 1.82) is 0 Å². The predicted octanol–water partition coefficient (Wildman–Crippen LogP) is 2.39. The summed E-state index contributed by atoms with van der Waals surface area (Å²) in [5, 5.41) is 17.2. The molecule has 2 rings (SSSR count). The van der Waals surface area contributed by atoms with Gasteiger partial charge in [-0.3, -0.25) is 14.4 Å². The maximum atomic E-state index is 14.9. The number of hydrogen-bond acceptors (Lipinski definition) is 7. The van der Waals surface area contributed by atoms with Crippen LogP contribution in [0.4, 0.5) is 18.9 Å². The molecule has 0 bridgehead atoms. The first-order valence-corrected chi connectivity index (χ1v) is 12.1. The summed E-state index contributed by atoms with van der Waals surface area (Å²) in [4.78, 5) is 33.3. The first kappa shape index (κ1) is 26.5. The number of aliphatic hydroxyl groups excluding tert-OH is 1. The van der Waals surface area contributed by atoms with Gasteiger partial charge in [0.2, 0.25) is 5.91 Å². The van der Waals surface area contributed by atoms with Crippen molar-refractivity contribution in [1.82, 2.24) is 10.8 Å². The van der Waals surface area contributed by atoms with E-state index >= 15 is 0 Å². The summed E-state index contributed by atoms with van der Waals surface area (Å²) in [6.07, 6.45) is 2.80. The molecule has 0 aliphatic carbocycles. The molecule has 0 atom stereocenters. The van der Waals surface area contributed by atoms with Crippen LogP contribution in [0.2, 0.25) is 0 Å². The zero-order valence-electron chi connectivity index (χ0n) is 17.5. The highest BCUT2D eigenvalue weighted by molar-refractivity contribution is 14.2. The molecule has 0 spiro atoms. The van der Waals surface area contributed by atoms with Crippen LogP contribution >= 0.6 is 20.7 Å². The highest BCUT2D eigenvalue weighted by Crippen LogP contribution is 2.29. The van der Waals surface area contributed by atoms with Crippen LogP contribution in [0, 0.1) is 11.6 Å². The first-order valence-electron chi connectivity index (χ1n) is 9.58. The number of nitrogens with zero attached hydrogens (tertiary/aromatic N) is 1. The molecule has 0 unspecified atom stereocenters. The molecule has 0 saturated heterocycles. The Labute approximate surface area is 197 Å². The maximum absolute atomic E-state index is 14.9. The molecule has 1 aromatic rings. The molecule has 1 aromatic carbocycles. The van der Waals surface area contributed by atoms with Gasteiger partial charge in [0.25, 0.3) is 5.91 Å². The SMILES string of the molecule is CNC(=O)CCCO/N=C/c1cc(C(=O)NOCCO)c(NC2=C(F)C=IC=C2)c(F)c1F. The van der Waals surface area contributed by atoms with Crippen LogP contribution in [0.25, 0.3) is 0 Å². The molecule has 0 radical (unpaired) electrons. The predicted molar refractivity (Wildman–Crippen MR) is 125 cm³/mol. The monoisotopic (exact) mass is 582 g/mol. The number of hydrogen-bond donors (Lipinski definition) is 4. The molecule has 1 aliphatic rings. The van der Waals surface area contributed by atoms with E-state index in [0.717, 1.165) is 12.3 Å². The van der Waals surface area contributed by atoms with E-state index in [4.69, 9.17) is 14.8 Å². The van der Waals surface area contributed by atoms with Crippen molar-refractivity contribution < 1.29 is 37.5 Å². The van der Waals surface area contributed by atoms with Gasteiger partial charge in [-0.05, 0) is 22.6 Å². The lowest BCUT2D eigenvalue weighted by Crippen LogP contribution is -2.27. The molecule has 13 heteroatoms. The summed E-state index contributed by atoms with van der Waals surface area (Å²) in [6, 6.07) is 0.984. The second kappa shape index (κ2) is 13.7. The van der Waals surface area contributed by atoms with Gasteiger partial charge < -0.3 is 20.6 Å². The Bertz CT molecular complexity index is 998. The fourth-order valence-electron chi connectivity index (χ4n) is 2.39. The highest BCUT2D eigenvalue weighted by atomic mass is 127. The van der Waals surface area contributed by atoms with Crippen molar-refractivity contribution >= 4 is 48.5 Å². The van der Waals surface area contributed by atoms with Crippen LogP contribution in [0.15, 0.2) is 32.9 Å². The Morgan fingerprint density at radius 3 is 2.73 bits per heavy atom. The molecule has 1 heterocycles. The third-order valence-electron chi connectivity index (χ3n) is 4.00. The van der Waals surface area contributed by atoms with Crippen LogP contribution in [0.1, 0.15) is 28.8 Å². The molecule has 4 N–H and O–H groups in total. The van der Waals surface area contributed by atoms with E-state index in [1.807, 2.05) is 5.48 Å². The molecular formula is C20H22F3IN4O5. The molecule has 1 aliphatic heterocycles. The van der Waals surface area contributed by atoms with Gasteiger partial charge >= 0.3 is 0 Å². The maximum Gasteiger partial charge on any atom is 0.277 e. The van der Waals surface area contributed by atoms with Crippen LogP contribution < -0.4 is 16.1 Å². The molecule has 33 heavy (non-hydrogen) atoms. The van der Waals surface area contributed by atoms with Crippen LogP contribution in [-0.4, -0.2) is 54.0 Å². The normalized spacial score (nSPS) is 13.1. The van der Waals surface area contributed by atoms with Gasteiger partial charge in [-0.15, -0.1) is 0 Å². The summed E-state index contributed by atoms with van der Waals surface area (Å²) in [5.41, 5.74) is 0.435. The van der Waals surface area contributed by atoms with Gasteiger partial charge in [-0.25, -0.2) is 18.7 Å². The topological polar surface area (TPSA) is 121 Å². The number of benzene rings is 1. The standard InChI is InChI=1S/C20H22F3IN4O5/c1-25-16(30)3-2-7-32-26-11-12-9-13(20(31)28-33-8-6-29)19(18(23)17(12)22)27-15-4-5-24-10-14(15)21/h4-5,9-11,27,29H,2-3,6-8H2,1H3,(H,25,30)(H,28,31)/b26-11+. The number of halogens is 4. The van der Waals surface area contributed by atoms with Crippen molar-refractivity contribution in [3.05, 3.63) is 50.5 Å². The average Bonchev–Trinajstić information content (AvgIpc) is 2.81. The second-order valence-electron chi connectivity index (χ2n) is 6.28. The number of anilines is 1. The van der Waals surface area contributed by atoms with Crippen LogP contribution in [0.3, 0.4) is 0 Å². The number of amides is 2. The van der Waals surface area contributed by atoms with Gasteiger partial charge in [0.05, 0.1) is 36.4 Å². The van der Waals surface area contributed by atoms with E-state index in [2.05, 4.69) is 15.8 Å². The van der Waals surface area contributed by atoms with Gasteiger partial charge in [0.1, 0.15) is 6.61 Å². The Morgan fingerprint density at radius 2 is 2.03 bits per heavy atom.